The number of para-hydroxylation sites is 1. The van der Waals surface area contributed by atoms with Crippen LogP contribution in [0.15, 0.2) is 120 Å². The molecule has 4 amide bonds. The van der Waals surface area contributed by atoms with Gasteiger partial charge in [-0.15, -0.1) is 22.7 Å². The molecule has 0 saturated heterocycles. The fourth-order valence-electron chi connectivity index (χ4n) is 6.90. The first-order valence-corrected chi connectivity index (χ1v) is 19.8. The van der Waals surface area contributed by atoms with Crippen molar-refractivity contribution in [1.82, 2.24) is 45.8 Å². The number of carbonyl (C=O) groups excluding carboxylic acids is 2. The van der Waals surface area contributed by atoms with Crippen LogP contribution in [0.25, 0.3) is 44.6 Å². The molecule has 2 atom stereocenters. The lowest BCUT2D eigenvalue weighted by Crippen LogP contribution is -2.43. The molecule has 0 radical (unpaired) electrons. The zero-order valence-electron chi connectivity index (χ0n) is 31.3. The minimum Gasteiger partial charge on any atom is -0.336 e. The first-order valence-electron chi connectivity index (χ1n) is 18.0. The predicted octanol–water partition coefficient (Wildman–Crippen LogP) is 8.22. The van der Waals surface area contributed by atoms with E-state index in [1.165, 1.54) is 22.7 Å². The maximum Gasteiger partial charge on any atom is 0.319 e. The number of amides is 4. The Morgan fingerprint density at radius 2 is 1.21 bits per heavy atom. The van der Waals surface area contributed by atoms with E-state index in [0.29, 0.717) is 11.1 Å². The van der Waals surface area contributed by atoms with Crippen LogP contribution in [-0.4, -0.2) is 36.6 Å². The van der Waals surface area contributed by atoms with Gasteiger partial charge in [0.05, 0.1) is 46.2 Å². The number of nitrogens with one attached hydrogen (secondary N) is 4. The second kappa shape index (κ2) is 16.0. The van der Waals surface area contributed by atoms with E-state index in [9.17, 15) is 9.59 Å². The monoisotopic (exact) mass is 799 g/mol. The summed E-state index contributed by atoms with van der Waals surface area (Å²) < 4.78 is 1.89. The third kappa shape index (κ3) is 7.43. The molecule has 13 nitrogen and oxygen atoms in total. The van der Waals surface area contributed by atoms with Crippen LogP contribution >= 0.6 is 22.7 Å². The van der Waals surface area contributed by atoms with Gasteiger partial charge in [0, 0.05) is 75.5 Å². The summed E-state index contributed by atoms with van der Waals surface area (Å²) >= 11 is 3.04. The highest BCUT2D eigenvalue weighted by atomic mass is 32.1. The summed E-state index contributed by atoms with van der Waals surface area (Å²) in [6.07, 6.45) is 5.32. The smallest absolute Gasteiger partial charge is 0.319 e. The fourth-order valence-corrected chi connectivity index (χ4v) is 8.82. The Morgan fingerprint density at radius 3 is 1.74 bits per heavy atom. The van der Waals surface area contributed by atoms with Crippen molar-refractivity contribution in [3.63, 3.8) is 0 Å². The molecule has 4 N–H and O–H groups in total. The second-order valence-corrected chi connectivity index (χ2v) is 15.1. The topological polar surface area (TPSA) is 186 Å². The molecule has 4 aromatic heterocycles. The van der Waals surface area contributed by atoms with Crippen LogP contribution in [0.5, 0.6) is 0 Å². The lowest BCUT2D eigenvalue weighted by molar-refractivity contribution is 0.239. The van der Waals surface area contributed by atoms with Gasteiger partial charge in [-0.1, -0.05) is 42.5 Å². The number of nitrogens with zero attached hydrogens (tertiary/aromatic N) is 7. The van der Waals surface area contributed by atoms with E-state index in [2.05, 4.69) is 43.4 Å². The molecule has 0 spiro atoms. The number of carbonyl (C=O) groups is 2. The third-order valence-corrected chi connectivity index (χ3v) is 11.5. The van der Waals surface area contributed by atoms with Crippen LogP contribution < -0.4 is 21.3 Å². The lowest BCUT2D eigenvalue weighted by atomic mass is 9.93. The number of urea groups is 2. The highest BCUT2D eigenvalue weighted by Gasteiger charge is 2.33. The maximum atomic E-state index is 12.3. The van der Waals surface area contributed by atoms with E-state index in [1.807, 2.05) is 97.0 Å². The summed E-state index contributed by atoms with van der Waals surface area (Å²) in [6.45, 7) is 3.76. The molecule has 3 aromatic carbocycles. The summed E-state index contributed by atoms with van der Waals surface area (Å²) in [5.74, 6) is 0.745. The number of aromatic nitrogens is 5. The predicted molar refractivity (Wildman–Crippen MR) is 223 cm³/mol. The molecule has 2 aliphatic rings. The van der Waals surface area contributed by atoms with Crippen LogP contribution in [0.1, 0.15) is 58.5 Å². The number of pyridine rings is 1. The number of hydrogen-bond acceptors (Lipinski definition) is 10. The minimum absolute atomic E-state index is 0.240. The van der Waals surface area contributed by atoms with Crippen molar-refractivity contribution < 1.29 is 9.59 Å². The summed E-state index contributed by atoms with van der Waals surface area (Å²) in [5, 5.41) is 36.3. The third-order valence-electron chi connectivity index (χ3n) is 9.74. The molecular formula is C43H33N11O2S2. The number of fused-ring (bicyclic) bond motifs is 1. The molecule has 2 unspecified atom stereocenters. The lowest BCUT2D eigenvalue weighted by Gasteiger charge is -2.29. The van der Waals surface area contributed by atoms with Crippen molar-refractivity contribution in [2.24, 2.45) is 7.05 Å². The SMILES string of the molecule is CC1=C(c2nc(-c3ccc(C#N)cc3)cs2)C(c2ccnc3ccccc23)NC(=O)N1.CC1=C(c2nc(-c3ccc(C#N)cc3)cs2)C(c2nccn2C)NC(=O)N1. The zero-order chi connectivity index (χ0) is 40.3. The molecular weight excluding hydrogens is 767 g/mol. The first-order chi connectivity index (χ1) is 28.2. The zero-order valence-corrected chi connectivity index (χ0v) is 32.9. The van der Waals surface area contributed by atoms with Gasteiger partial charge in [-0.25, -0.2) is 24.5 Å². The van der Waals surface area contributed by atoms with E-state index in [4.69, 9.17) is 20.5 Å². The van der Waals surface area contributed by atoms with Gasteiger partial charge in [0.25, 0.3) is 0 Å². The van der Waals surface area contributed by atoms with Gasteiger partial charge in [0.2, 0.25) is 0 Å². The highest BCUT2D eigenvalue weighted by Crippen LogP contribution is 2.40. The Morgan fingerprint density at radius 1 is 0.672 bits per heavy atom. The molecule has 7 aromatic rings. The van der Waals surface area contributed by atoms with Gasteiger partial charge < -0.3 is 25.8 Å². The van der Waals surface area contributed by atoms with Crippen LogP contribution in [-0.2, 0) is 7.05 Å². The Bertz CT molecular complexity index is 2850. The maximum absolute atomic E-state index is 12.3. The van der Waals surface area contributed by atoms with Crippen molar-refractivity contribution in [3.05, 3.63) is 152 Å². The largest absolute Gasteiger partial charge is 0.336 e. The minimum atomic E-state index is -0.376. The van der Waals surface area contributed by atoms with Crippen molar-refractivity contribution in [3.8, 4) is 34.7 Å². The number of aryl methyl sites for hydroxylation is 1. The van der Waals surface area contributed by atoms with Gasteiger partial charge >= 0.3 is 12.1 Å². The Balaban J connectivity index is 0.000000164. The normalized spacial score (nSPS) is 16.3. The molecule has 0 saturated carbocycles. The van der Waals surface area contributed by atoms with E-state index in [0.717, 1.165) is 77.4 Å². The van der Waals surface area contributed by atoms with Crippen LogP contribution in [0.2, 0.25) is 0 Å². The number of imidazole rings is 1. The average Bonchev–Trinajstić information content (AvgIpc) is 4.03. The Labute approximate surface area is 341 Å². The van der Waals surface area contributed by atoms with Crippen molar-refractivity contribution >= 4 is 56.8 Å². The number of hydrogen-bond donors (Lipinski definition) is 4. The molecule has 58 heavy (non-hydrogen) atoms. The van der Waals surface area contributed by atoms with Gasteiger partial charge in [-0.05, 0) is 55.8 Å². The number of thiazole rings is 2. The molecule has 2 aliphatic heterocycles. The Hall–Kier alpha value is -7.46. The summed E-state index contributed by atoms with van der Waals surface area (Å²) in [7, 11) is 1.90. The Kier molecular flexibility index (Phi) is 10.3. The highest BCUT2D eigenvalue weighted by molar-refractivity contribution is 7.11. The summed E-state index contributed by atoms with van der Waals surface area (Å²) in [4.78, 5) is 42.8. The van der Waals surface area contributed by atoms with Gasteiger partial charge in [-0.3, -0.25) is 4.98 Å². The van der Waals surface area contributed by atoms with E-state index < -0.39 is 0 Å². The van der Waals surface area contributed by atoms with Gasteiger partial charge in [-0.2, -0.15) is 10.5 Å². The standard InChI is InChI=1S/C24H17N5OS.C19H16N6OS/c1-14-21(23-28-20(13-31-23)16-8-6-15(12-25)7-9-16)22(29-24(30)27-14)18-10-11-26-19-5-3-2-4-17(18)19;1-11-15(16(24-19(26)22-11)17-21-7-8-25(17)2)18-23-14(10-27-18)13-5-3-12(9-20)4-6-13/h2-11,13,22H,1H3,(H2,27,29,30);3-8,10,16H,1-2H3,(H2,22,24,26). The fraction of sp³-hybridized carbons (Fsp3) is 0.116. The van der Waals surface area contributed by atoms with E-state index in [1.54, 1.807) is 36.7 Å². The number of allylic oxidation sites excluding steroid dienone is 2. The molecule has 0 bridgehead atoms. The van der Waals surface area contributed by atoms with Gasteiger partial charge in [0.1, 0.15) is 21.9 Å². The molecule has 6 heterocycles. The van der Waals surface area contributed by atoms with Crippen molar-refractivity contribution in [1.29, 1.82) is 10.5 Å². The van der Waals surface area contributed by atoms with Crippen LogP contribution in [0.4, 0.5) is 9.59 Å². The molecule has 15 heteroatoms. The van der Waals surface area contributed by atoms with Crippen molar-refractivity contribution in [2.45, 2.75) is 25.9 Å². The van der Waals surface area contributed by atoms with E-state index >= 15 is 0 Å². The van der Waals surface area contributed by atoms with E-state index in [-0.39, 0.29) is 24.1 Å². The molecule has 9 rings (SSSR count). The number of benzene rings is 3. The van der Waals surface area contributed by atoms with Gasteiger partial charge in [0.15, 0.2) is 0 Å². The molecule has 0 fully saturated rings. The quantitative estimate of drug-likeness (QED) is 0.130. The second-order valence-electron chi connectivity index (χ2n) is 13.4. The molecule has 0 aliphatic carbocycles. The summed E-state index contributed by atoms with van der Waals surface area (Å²) in [5.41, 5.74) is 9.98. The number of nitriles is 2. The molecule has 284 valence electrons. The van der Waals surface area contributed by atoms with Crippen molar-refractivity contribution in [2.75, 3.05) is 0 Å². The average molecular weight is 800 g/mol. The van der Waals surface area contributed by atoms with Crippen LogP contribution in [0, 0.1) is 22.7 Å². The summed E-state index contributed by atoms with van der Waals surface area (Å²) in [6, 6.07) is 27.6. The van der Waals surface area contributed by atoms with Crippen LogP contribution in [0.3, 0.4) is 0 Å². The number of rotatable bonds is 6. The first kappa shape index (κ1) is 37.5.